The van der Waals surface area contributed by atoms with E-state index in [0.717, 1.165) is 6.04 Å². The van der Waals surface area contributed by atoms with Crippen LogP contribution in [-0.4, -0.2) is 30.1 Å². The van der Waals surface area contributed by atoms with Gasteiger partial charge in [0.2, 0.25) is 0 Å². The zero-order valence-corrected chi connectivity index (χ0v) is 12.3. The third-order valence-electron chi connectivity index (χ3n) is 4.96. The van der Waals surface area contributed by atoms with Crippen molar-refractivity contribution in [2.75, 3.05) is 18.4 Å². The average Bonchev–Trinajstić information content (AvgIpc) is 3.14. The van der Waals surface area contributed by atoms with E-state index >= 15 is 0 Å². The fourth-order valence-corrected chi connectivity index (χ4v) is 3.93. The number of hydrogen-bond donors (Lipinski definition) is 1. The Bertz CT molecular complexity index is 608. The summed E-state index contributed by atoms with van der Waals surface area (Å²) in [6.07, 6.45) is 3.99. The van der Waals surface area contributed by atoms with Crippen LogP contribution in [0.3, 0.4) is 0 Å². The van der Waals surface area contributed by atoms with Gasteiger partial charge >= 0.3 is 0 Å². The van der Waals surface area contributed by atoms with E-state index < -0.39 is 0 Å². The molecular weight excluding hydrogens is 256 g/mol. The Morgan fingerprint density at radius 1 is 0.857 bits per heavy atom. The molecule has 2 aromatic rings. The maximum absolute atomic E-state index is 3.84. The van der Waals surface area contributed by atoms with Crippen LogP contribution in [0.4, 0.5) is 5.69 Å². The first-order chi connectivity index (χ1) is 10.4. The minimum absolute atomic E-state index is 0.609. The highest BCUT2D eigenvalue weighted by molar-refractivity contribution is 5.78. The second kappa shape index (κ2) is 5.53. The van der Waals surface area contributed by atoms with Crippen LogP contribution in [0.15, 0.2) is 54.6 Å². The van der Waals surface area contributed by atoms with Crippen LogP contribution in [-0.2, 0) is 0 Å². The first-order valence-electron chi connectivity index (χ1n) is 8.07. The monoisotopic (exact) mass is 278 g/mol. The zero-order valence-electron chi connectivity index (χ0n) is 12.3. The fourth-order valence-electron chi connectivity index (χ4n) is 3.93. The van der Waals surface area contributed by atoms with Crippen LogP contribution < -0.4 is 5.32 Å². The van der Waals surface area contributed by atoms with Crippen LogP contribution in [0.1, 0.15) is 19.3 Å². The summed E-state index contributed by atoms with van der Waals surface area (Å²) in [4.78, 5) is 2.66. The molecular formula is C19H22N2. The lowest BCUT2D eigenvalue weighted by molar-refractivity contribution is 0.318. The van der Waals surface area contributed by atoms with Gasteiger partial charge in [0.15, 0.2) is 0 Å². The molecule has 0 spiro atoms. The molecule has 21 heavy (non-hydrogen) atoms. The van der Waals surface area contributed by atoms with E-state index in [2.05, 4.69) is 64.8 Å². The lowest BCUT2D eigenvalue weighted by atomic mass is 10.0. The van der Waals surface area contributed by atoms with Crippen molar-refractivity contribution in [3.8, 4) is 11.1 Å². The lowest BCUT2D eigenvalue weighted by Crippen LogP contribution is -2.33. The van der Waals surface area contributed by atoms with Crippen LogP contribution in [0.25, 0.3) is 11.1 Å². The summed E-state index contributed by atoms with van der Waals surface area (Å²) in [6.45, 7) is 2.55. The van der Waals surface area contributed by atoms with E-state index in [0.29, 0.717) is 6.04 Å². The molecule has 0 aliphatic carbocycles. The number of rotatable bonds is 3. The Kier molecular flexibility index (Phi) is 3.40. The second-order valence-corrected chi connectivity index (χ2v) is 6.20. The van der Waals surface area contributed by atoms with E-state index in [4.69, 9.17) is 0 Å². The molecule has 108 valence electrons. The molecule has 2 saturated heterocycles. The highest BCUT2D eigenvalue weighted by atomic mass is 15.2. The Balaban J connectivity index is 1.61. The van der Waals surface area contributed by atoms with Crippen molar-refractivity contribution in [1.82, 2.24) is 4.90 Å². The quantitative estimate of drug-likeness (QED) is 0.913. The molecule has 4 rings (SSSR count). The molecule has 2 unspecified atom stereocenters. The molecule has 2 fully saturated rings. The summed E-state index contributed by atoms with van der Waals surface area (Å²) in [7, 11) is 0. The molecule has 2 nitrogen and oxygen atoms in total. The molecule has 2 heterocycles. The van der Waals surface area contributed by atoms with Gasteiger partial charge in [-0.2, -0.15) is 0 Å². The van der Waals surface area contributed by atoms with Crippen molar-refractivity contribution in [3.63, 3.8) is 0 Å². The van der Waals surface area contributed by atoms with E-state index in [1.807, 2.05) is 0 Å². The maximum atomic E-state index is 3.84. The van der Waals surface area contributed by atoms with Gasteiger partial charge in [-0.3, -0.25) is 4.90 Å². The Labute approximate surface area is 126 Å². The number of nitrogens with one attached hydrogen (secondary N) is 1. The number of anilines is 1. The van der Waals surface area contributed by atoms with Crippen LogP contribution >= 0.6 is 0 Å². The van der Waals surface area contributed by atoms with E-state index in [-0.39, 0.29) is 0 Å². The highest BCUT2D eigenvalue weighted by Gasteiger charge is 2.37. The normalized spacial score (nSPS) is 25.0. The number of para-hydroxylation sites is 1. The highest BCUT2D eigenvalue weighted by Crippen LogP contribution is 2.33. The van der Waals surface area contributed by atoms with Crippen molar-refractivity contribution >= 4 is 5.69 Å². The Morgan fingerprint density at radius 2 is 1.67 bits per heavy atom. The Hall–Kier alpha value is -1.80. The molecule has 0 aromatic heterocycles. The van der Waals surface area contributed by atoms with Crippen molar-refractivity contribution in [2.24, 2.45) is 0 Å². The van der Waals surface area contributed by atoms with Crippen LogP contribution in [0.2, 0.25) is 0 Å². The summed E-state index contributed by atoms with van der Waals surface area (Å²) in [5.41, 5.74) is 3.89. The summed E-state index contributed by atoms with van der Waals surface area (Å²) < 4.78 is 0. The summed E-state index contributed by atoms with van der Waals surface area (Å²) in [5.74, 6) is 0. The number of hydrogen-bond acceptors (Lipinski definition) is 2. The predicted molar refractivity (Wildman–Crippen MR) is 88.5 cm³/mol. The van der Waals surface area contributed by atoms with Gasteiger partial charge in [0.05, 0.1) is 0 Å². The predicted octanol–water partition coefficient (Wildman–Crippen LogP) is 4.00. The molecule has 2 aliphatic rings. The van der Waals surface area contributed by atoms with Crippen molar-refractivity contribution in [3.05, 3.63) is 54.6 Å². The van der Waals surface area contributed by atoms with Crippen molar-refractivity contribution < 1.29 is 0 Å². The van der Waals surface area contributed by atoms with Crippen LogP contribution in [0.5, 0.6) is 0 Å². The summed E-state index contributed by atoms with van der Waals surface area (Å²) in [5, 5.41) is 3.84. The Morgan fingerprint density at radius 3 is 2.57 bits per heavy atom. The third-order valence-corrected chi connectivity index (χ3v) is 4.96. The summed E-state index contributed by atoms with van der Waals surface area (Å²) >= 11 is 0. The lowest BCUT2D eigenvalue weighted by Gasteiger charge is -2.23. The van der Waals surface area contributed by atoms with Gasteiger partial charge in [0, 0.05) is 29.9 Å². The van der Waals surface area contributed by atoms with Gasteiger partial charge in [-0.1, -0.05) is 48.5 Å². The molecule has 0 bridgehead atoms. The molecule has 0 radical (unpaired) electrons. The van der Waals surface area contributed by atoms with Gasteiger partial charge in [0.1, 0.15) is 0 Å². The van der Waals surface area contributed by atoms with E-state index in [1.165, 1.54) is 49.2 Å². The molecule has 0 saturated carbocycles. The van der Waals surface area contributed by atoms with Gasteiger partial charge < -0.3 is 5.32 Å². The van der Waals surface area contributed by atoms with E-state index in [9.17, 15) is 0 Å². The van der Waals surface area contributed by atoms with Crippen molar-refractivity contribution in [2.45, 2.75) is 31.3 Å². The number of benzene rings is 2. The molecule has 2 heteroatoms. The molecule has 2 aliphatic heterocycles. The first kappa shape index (κ1) is 12.9. The molecule has 0 amide bonds. The molecule has 1 N–H and O–H groups in total. The second-order valence-electron chi connectivity index (χ2n) is 6.20. The largest absolute Gasteiger partial charge is 0.380 e. The number of nitrogens with zero attached hydrogens (tertiary/aromatic N) is 1. The van der Waals surface area contributed by atoms with Gasteiger partial charge in [-0.15, -0.1) is 0 Å². The van der Waals surface area contributed by atoms with Crippen molar-refractivity contribution in [1.29, 1.82) is 0 Å². The molecule has 2 aromatic carbocycles. The third kappa shape index (κ3) is 2.44. The van der Waals surface area contributed by atoms with Gasteiger partial charge in [-0.05, 0) is 37.4 Å². The standard InChI is InChI=1S/C19H22N2/c1-2-7-15(8-3-1)16-9-4-5-10-17(16)20-18-12-14-21-13-6-11-19(18)21/h1-5,7-10,18-20H,6,11-14H2. The summed E-state index contributed by atoms with van der Waals surface area (Å²) in [6, 6.07) is 20.7. The fraction of sp³-hybridized carbons (Fsp3) is 0.368. The average molecular weight is 278 g/mol. The minimum Gasteiger partial charge on any atom is -0.380 e. The topological polar surface area (TPSA) is 15.3 Å². The smallest absolute Gasteiger partial charge is 0.0429 e. The van der Waals surface area contributed by atoms with Gasteiger partial charge in [-0.25, -0.2) is 0 Å². The van der Waals surface area contributed by atoms with E-state index in [1.54, 1.807) is 0 Å². The van der Waals surface area contributed by atoms with Crippen LogP contribution in [0, 0.1) is 0 Å². The maximum Gasteiger partial charge on any atom is 0.0429 e. The molecule has 2 atom stereocenters. The number of fused-ring (bicyclic) bond motifs is 1. The zero-order chi connectivity index (χ0) is 14.1. The first-order valence-corrected chi connectivity index (χ1v) is 8.07. The van der Waals surface area contributed by atoms with Gasteiger partial charge in [0.25, 0.3) is 0 Å². The SMILES string of the molecule is c1ccc(-c2ccccc2NC2CCN3CCCC23)cc1. The minimum atomic E-state index is 0.609.